The van der Waals surface area contributed by atoms with Crippen molar-refractivity contribution in [2.45, 2.75) is 70.7 Å². The van der Waals surface area contributed by atoms with Gasteiger partial charge in [-0.1, -0.05) is 42.5 Å². The highest BCUT2D eigenvalue weighted by Gasteiger charge is 2.51. The third-order valence-electron chi connectivity index (χ3n) is 6.82. The molecule has 0 saturated carbocycles. The lowest BCUT2D eigenvalue weighted by atomic mass is 9.85. The number of imide groups is 1. The van der Waals surface area contributed by atoms with E-state index in [0.717, 1.165) is 15.5 Å². The topological polar surface area (TPSA) is 123 Å². The fourth-order valence-corrected chi connectivity index (χ4v) is 5.13. The first-order valence-electron chi connectivity index (χ1n) is 12.9. The van der Waals surface area contributed by atoms with E-state index in [1.54, 1.807) is 20.8 Å². The van der Waals surface area contributed by atoms with E-state index in [0.29, 0.717) is 17.9 Å². The second-order valence-corrected chi connectivity index (χ2v) is 11.1. The van der Waals surface area contributed by atoms with Crippen molar-refractivity contribution in [2.24, 2.45) is 11.8 Å². The fraction of sp³-hybridized carbons (Fsp3) is 0.519. The van der Waals surface area contributed by atoms with Crippen molar-refractivity contribution in [2.75, 3.05) is 6.54 Å². The van der Waals surface area contributed by atoms with Crippen molar-refractivity contribution in [1.82, 2.24) is 15.0 Å². The molecular formula is C27H32ClN3O8. The molecule has 1 aliphatic carbocycles. The van der Waals surface area contributed by atoms with Crippen LogP contribution < -0.4 is 0 Å². The van der Waals surface area contributed by atoms with Crippen molar-refractivity contribution in [1.29, 1.82) is 0 Å². The normalized spacial score (nSPS) is 24.8. The number of likely N-dealkylation sites (tertiary alicyclic amines) is 1. The van der Waals surface area contributed by atoms with E-state index in [4.69, 9.17) is 26.0 Å². The molecule has 2 unspecified atom stereocenters. The number of amides is 4. The van der Waals surface area contributed by atoms with Crippen LogP contribution in [0.5, 0.6) is 0 Å². The molecule has 2 saturated heterocycles. The molecule has 0 aromatic heterocycles. The highest BCUT2D eigenvalue weighted by molar-refractivity contribution is 6.62. The third kappa shape index (κ3) is 6.59. The van der Waals surface area contributed by atoms with Gasteiger partial charge in [0.15, 0.2) is 0 Å². The summed E-state index contributed by atoms with van der Waals surface area (Å²) < 4.78 is 5.51. The minimum Gasteiger partial charge on any atom is -0.444 e. The van der Waals surface area contributed by atoms with E-state index in [1.165, 1.54) is 0 Å². The Balaban J connectivity index is 1.49. The van der Waals surface area contributed by atoms with Gasteiger partial charge in [-0.05, 0) is 63.6 Å². The van der Waals surface area contributed by atoms with Crippen LogP contribution in [0.4, 0.5) is 9.59 Å². The lowest BCUT2D eigenvalue weighted by Crippen LogP contribution is -2.58. The van der Waals surface area contributed by atoms with Gasteiger partial charge >= 0.3 is 17.4 Å². The molecule has 1 aromatic rings. The lowest BCUT2D eigenvalue weighted by Gasteiger charge is -2.41. The summed E-state index contributed by atoms with van der Waals surface area (Å²) in [5, 5.41) is 0.630. The zero-order chi connectivity index (χ0) is 28.3. The summed E-state index contributed by atoms with van der Waals surface area (Å²) in [7, 11) is 0. The number of carbonyl (C=O) groups is 5. The Kier molecular flexibility index (Phi) is 8.60. The summed E-state index contributed by atoms with van der Waals surface area (Å²) in [6.07, 6.45) is 3.88. The van der Waals surface area contributed by atoms with Gasteiger partial charge in [0.25, 0.3) is 11.8 Å². The Morgan fingerprint density at radius 2 is 1.62 bits per heavy atom. The van der Waals surface area contributed by atoms with Gasteiger partial charge in [0.05, 0.1) is 17.9 Å². The average molecular weight is 562 g/mol. The quantitative estimate of drug-likeness (QED) is 0.168. The van der Waals surface area contributed by atoms with Gasteiger partial charge < -0.3 is 9.57 Å². The summed E-state index contributed by atoms with van der Waals surface area (Å²) in [6.45, 7) is 4.93. The van der Waals surface area contributed by atoms with Gasteiger partial charge in [-0.2, -0.15) is 0 Å². The van der Waals surface area contributed by atoms with Crippen molar-refractivity contribution < 1.29 is 38.4 Å². The van der Waals surface area contributed by atoms with E-state index < -0.39 is 58.8 Å². The van der Waals surface area contributed by atoms with Crippen LogP contribution in [0, 0.1) is 11.8 Å². The number of hydrogen-bond acceptors (Lipinski definition) is 8. The second-order valence-electron chi connectivity index (χ2n) is 10.8. The first kappa shape index (κ1) is 28.6. The highest BCUT2D eigenvalue weighted by atomic mass is 35.5. The molecule has 39 heavy (non-hydrogen) atoms. The molecule has 0 N–H and O–H groups in total. The number of piperidine rings is 1. The van der Waals surface area contributed by atoms with Crippen molar-refractivity contribution in [3.63, 3.8) is 0 Å². The molecule has 4 amide bonds. The van der Waals surface area contributed by atoms with Crippen LogP contribution in [0.15, 0.2) is 42.5 Å². The lowest BCUT2D eigenvalue weighted by molar-refractivity contribution is -0.205. The molecule has 2 heterocycles. The van der Waals surface area contributed by atoms with E-state index in [-0.39, 0.29) is 26.0 Å². The number of hydrogen-bond donors (Lipinski definition) is 0. The van der Waals surface area contributed by atoms with Gasteiger partial charge in [0.1, 0.15) is 18.2 Å². The summed E-state index contributed by atoms with van der Waals surface area (Å²) in [4.78, 5) is 76.4. The molecule has 11 nitrogen and oxygen atoms in total. The molecule has 4 rings (SSSR count). The Hall–Kier alpha value is -3.44. The molecule has 0 spiro atoms. The maximum absolute atomic E-state index is 13.3. The summed E-state index contributed by atoms with van der Waals surface area (Å²) in [5.41, 5.74) is -0.0779. The van der Waals surface area contributed by atoms with Crippen LogP contribution in [0.1, 0.15) is 52.0 Å². The average Bonchev–Trinajstić information content (AvgIpc) is 3.13. The van der Waals surface area contributed by atoms with Gasteiger partial charge in [-0.3, -0.25) is 24.1 Å². The van der Waals surface area contributed by atoms with Gasteiger partial charge in [0.2, 0.25) is 0 Å². The molecule has 2 fully saturated rings. The number of rotatable bonds is 6. The number of ether oxygens (including phenoxy) is 1. The number of allylic oxidation sites excluding steroid dienone is 2. The van der Waals surface area contributed by atoms with Crippen molar-refractivity contribution in [3.05, 3.63) is 48.0 Å². The second kappa shape index (κ2) is 11.7. The van der Waals surface area contributed by atoms with Gasteiger partial charge in [-0.15, -0.1) is 5.06 Å². The van der Waals surface area contributed by atoms with Crippen LogP contribution in [0.3, 0.4) is 0 Å². The first-order valence-corrected chi connectivity index (χ1v) is 13.2. The fourth-order valence-electron chi connectivity index (χ4n) is 4.94. The van der Waals surface area contributed by atoms with Crippen molar-refractivity contribution in [3.8, 4) is 0 Å². The summed E-state index contributed by atoms with van der Waals surface area (Å²) in [6, 6.07) is 7.29. The molecule has 2 aliphatic heterocycles. The van der Waals surface area contributed by atoms with Crippen LogP contribution in [0.2, 0.25) is 0 Å². The third-order valence-corrected chi connectivity index (χ3v) is 6.99. The van der Waals surface area contributed by atoms with E-state index in [1.807, 2.05) is 42.5 Å². The number of halogens is 1. The van der Waals surface area contributed by atoms with E-state index in [9.17, 15) is 24.0 Å². The van der Waals surface area contributed by atoms with E-state index >= 15 is 0 Å². The number of carbonyl (C=O) groups excluding carboxylic acids is 5. The maximum atomic E-state index is 13.3. The standard InChI is InChI=1S/C27H32ClN3O8/c1-27(2,3)38-26(36)29-15-18(30(25(28)35)37-16-17-9-5-4-6-10-17)13-14-21(29)24(34)39-31-22(32)19-11-7-8-12-20(19)23(31)33/h4-10,18-21H,11-16H2,1-3H3/t18-,19?,20?,21+/m1/s1. The predicted molar refractivity (Wildman–Crippen MR) is 137 cm³/mol. The van der Waals surface area contributed by atoms with Crippen molar-refractivity contribution >= 4 is 40.8 Å². The number of hydroxylamine groups is 4. The van der Waals surface area contributed by atoms with Crippen LogP contribution in [-0.4, -0.2) is 68.5 Å². The Morgan fingerprint density at radius 3 is 2.18 bits per heavy atom. The molecule has 210 valence electrons. The largest absolute Gasteiger partial charge is 0.444 e. The zero-order valence-corrected chi connectivity index (χ0v) is 22.8. The SMILES string of the molecule is CC(C)(C)OC(=O)N1C[C@H](N(OCc2ccccc2)C(=O)Cl)CC[C@H]1C(=O)ON1C(=O)C2CC=CCC2C1=O. The highest BCUT2D eigenvalue weighted by Crippen LogP contribution is 2.36. The first-order chi connectivity index (χ1) is 18.5. The molecule has 12 heteroatoms. The summed E-state index contributed by atoms with van der Waals surface area (Å²) in [5.74, 6) is -3.24. The maximum Gasteiger partial charge on any atom is 0.411 e. The Bertz CT molecular complexity index is 1130. The van der Waals surface area contributed by atoms with Crippen LogP contribution >= 0.6 is 11.6 Å². The Labute approximate surface area is 231 Å². The summed E-state index contributed by atoms with van der Waals surface area (Å²) >= 11 is 5.83. The number of nitrogens with zero attached hydrogens (tertiary/aromatic N) is 3. The van der Waals surface area contributed by atoms with Crippen LogP contribution in [0.25, 0.3) is 0 Å². The van der Waals surface area contributed by atoms with Gasteiger partial charge in [0, 0.05) is 6.54 Å². The minimum absolute atomic E-state index is 0.0444. The molecule has 0 bridgehead atoms. The van der Waals surface area contributed by atoms with Crippen LogP contribution in [-0.2, 0) is 35.4 Å². The smallest absolute Gasteiger partial charge is 0.411 e. The predicted octanol–water partition coefficient (Wildman–Crippen LogP) is 3.96. The van der Waals surface area contributed by atoms with E-state index in [2.05, 4.69) is 0 Å². The van der Waals surface area contributed by atoms with Gasteiger partial charge in [-0.25, -0.2) is 14.7 Å². The number of fused-ring (bicyclic) bond motifs is 1. The molecule has 0 radical (unpaired) electrons. The number of benzene rings is 1. The monoisotopic (exact) mass is 561 g/mol. The zero-order valence-electron chi connectivity index (χ0n) is 22.1. The Morgan fingerprint density at radius 1 is 1.00 bits per heavy atom. The minimum atomic E-state index is -1.17. The molecule has 1 aromatic carbocycles. The molecule has 3 aliphatic rings. The molecule has 4 atom stereocenters. The molecular weight excluding hydrogens is 530 g/mol.